The standard InChI is InChI=1S/C23H19N3O2S/c1-25-19-14-13-18(29-22(28)17-11-7-4-8-12-17)15-20(19)26(2)23(25)24-21(27)16-9-5-3-6-10-16/h3-15H,1-2H3. The summed E-state index contributed by atoms with van der Waals surface area (Å²) in [6.07, 6.45) is 0. The van der Waals surface area contributed by atoms with E-state index in [4.69, 9.17) is 0 Å². The summed E-state index contributed by atoms with van der Waals surface area (Å²) in [5.41, 5.74) is 3.59. The first-order chi connectivity index (χ1) is 14.0. The molecule has 0 atom stereocenters. The summed E-state index contributed by atoms with van der Waals surface area (Å²) in [7, 11) is 3.74. The molecule has 0 aliphatic rings. The number of amides is 1. The van der Waals surface area contributed by atoms with E-state index < -0.39 is 0 Å². The zero-order valence-electron chi connectivity index (χ0n) is 16.1. The van der Waals surface area contributed by atoms with Crippen LogP contribution in [0.3, 0.4) is 0 Å². The first-order valence-corrected chi connectivity index (χ1v) is 9.93. The van der Waals surface area contributed by atoms with Gasteiger partial charge in [-0.3, -0.25) is 9.59 Å². The summed E-state index contributed by atoms with van der Waals surface area (Å²) >= 11 is 1.19. The molecule has 0 fully saturated rings. The fourth-order valence-corrected chi connectivity index (χ4v) is 3.96. The Morgan fingerprint density at radius 2 is 1.34 bits per heavy atom. The number of carbonyl (C=O) groups is 2. The molecule has 0 saturated carbocycles. The second-order valence-corrected chi connectivity index (χ2v) is 7.65. The molecule has 4 rings (SSSR count). The summed E-state index contributed by atoms with van der Waals surface area (Å²) in [5, 5.41) is -0.00676. The normalized spacial score (nSPS) is 11.7. The number of carbonyl (C=O) groups excluding carboxylic acids is 2. The molecule has 1 aromatic heterocycles. The minimum Gasteiger partial charge on any atom is -0.313 e. The zero-order chi connectivity index (χ0) is 20.4. The topological polar surface area (TPSA) is 56.4 Å². The van der Waals surface area contributed by atoms with Crippen molar-refractivity contribution >= 4 is 33.8 Å². The second kappa shape index (κ2) is 7.93. The predicted octanol–water partition coefficient (Wildman–Crippen LogP) is 4.19. The van der Waals surface area contributed by atoms with E-state index >= 15 is 0 Å². The molecule has 6 heteroatoms. The molecular weight excluding hydrogens is 382 g/mol. The van der Waals surface area contributed by atoms with Crippen molar-refractivity contribution in [2.24, 2.45) is 19.1 Å². The third kappa shape index (κ3) is 3.79. The van der Waals surface area contributed by atoms with Gasteiger partial charge in [0.25, 0.3) is 5.91 Å². The summed E-state index contributed by atoms with van der Waals surface area (Å²) < 4.78 is 3.75. The molecule has 0 bridgehead atoms. The Morgan fingerprint density at radius 3 is 2.00 bits per heavy atom. The smallest absolute Gasteiger partial charge is 0.280 e. The highest BCUT2D eigenvalue weighted by molar-refractivity contribution is 8.14. The van der Waals surface area contributed by atoms with E-state index in [-0.39, 0.29) is 11.0 Å². The summed E-state index contributed by atoms with van der Waals surface area (Å²) in [5.74, 6) is -0.291. The number of benzene rings is 3. The molecule has 1 amide bonds. The van der Waals surface area contributed by atoms with Crippen LogP contribution in [0, 0.1) is 0 Å². The Bertz CT molecular complexity index is 1270. The van der Waals surface area contributed by atoms with Crippen LogP contribution in [-0.2, 0) is 14.1 Å². The van der Waals surface area contributed by atoms with Gasteiger partial charge in [-0.05, 0) is 42.1 Å². The highest BCUT2D eigenvalue weighted by atomic mass is 32.2. The molecule has 0 aliphatic heterocycles. The van der Waals surface area contributed by atoms with Crippen LogP contribution < -0.4 is 5.62 Å². The molecule has 0 N–H and O–H groups in total. The van der Waals surface area contributed by atoms with Crippen LogP contribution in [0.2, 0.25) is 0 Å². The van der Waals surface area contributed by atoms with Crippen molar-refractivity contribution in [1.82, 2.24) is 9.13 Å². The third-order valence-corrected chi connectivity index (χ3v) is 5.62. The van der Waals surface area contributed by atoms with Gasteiger partial charge in [0.1, 0.15) is 0 Å². The lowest BCUT2D eigenvalue weighted by atomic mass is 10.2. The van der Waals surface area contributed by atoms with Gasteiger partial charge in [0, 0.05) is 30.1 Å². The predicted molar refractivity (Wildman–Crippen MR) is 115 cm³/mol. The van der Waals surface area contributed by atoms with Gasteiger partial charge >= 0.3 is 0 Å². The van der Waals surface area contributed by atoms with Crippen molar-refractivity contribution in [3.8, 4) is 0 Å². The van der Waals surface area contributed by atoms with Gasteiger partial charge in [0.05, 0.1) is 11.0 Å². The number of aromatic nitrogens is 2. The number of fused-ring (bicyclic) bond motifs is 1. The monoisotopic (exact) mass is 401 g/mol. The third-order valence-electron chi connectivity index (χ3n) is 4.71. The van der Waals surface area contributed by atoms with E-state index in [1.54, 1.807) is 12.1 Å². The van der Waals surface area contributed by atoms with Crippen LogP contribution >= 0.6 is 11.8 Å². The zero-order valence-corrected chi connectivity index (χ0v) is 16.9. The molecule has 144 valence electrons. The van der Waals surface area contributed by atoms with E-state index in [2.05, 4.69) is 4.99 Å². The van der Waals surface area contributed by atoms with E-state index in [0.717, 1.165) is 15.9 Å². The van der Waals surface area contributed by atoms with Crippen molar-refractivity contribution in [2.75, 3.05) is 0 Å². The molecule has 0 radical (unpaired) electrons. The number of hydrogen-bond acceptors (Lipinski definition) is 3. The van der Waals surface area contributed by atoms with Crippen LogP contribution in [-0.4, -0.2) is 20.2 Å². The van der Waals surface area contributed by atoms with Crippen LogP contribution in [0.15, 0.2) is 88.8 Å². The van der Waals surface area contributed by atoms with E-state index in [1.165, 1.54) is 11.8 Å². The largest absolute Gasteiger partial charge is 0.313 e. The number of nitrogens with zero attached hydrogens (tertiary/aromatic N) is 3. The van der Waals surface area contributed by atoms with Crippen molar-refractivity contribution in [1.29, 1.82) is 0 Å². The lowest BCUT2D eigenvalue weighted by molar-refractivity contribution is 0.0995. The van der Waals surface area contributed by atoms with E-state index in [1.807, 2.05) is 90.0 Å². The SMILES string of the molecule is Cn1c(=NC(=O)c2ccccc2)n(C)c2cc(SC(=O)c3ccccc3)ccc21. The maximum Gasteiger partial charge on any atom is 0.280 e. The molecule has 0 spiro atoms. The molecule has 0 unspecified atom stereocenters. The van der Waals surface area contributed by atoms with Crippen molar-refractivity contribution < 1.29 is 9.59 Å². The van der Waals surface area contributed by atoms with Gasteiger partial charge < -0.3 is 9.13 Å². The number of thioether (sulfide) groups is 1. The Labute approximate surface area is 172 Å². The highest BCUT2D eigenvalue weighted by Gasteiger charge is 2.12. The van der Waals surface area contributed by atoms with Gasteiger partial charge in [-0.1, -0.05) is 48.5 Å². The Kier molecular flexibility index (Phi) is 5.18. The van der Waals surface area contributed by atoms with Crippen LogP contribution in [0.25, 0.3) is 11.0 Å². The Hall–Kier alpha value is -3.38. The van der Waals surface area contributed by atoms with Crippen molar-refractivity contribution in [3.05, 3.63) is 95.6 Å². The first kappa shape index (κ1) is 19.0. The minimum absolute atomic E-state index is 0.00676. The van der Waals surface area contributed by atoms with E-state index in [0.29, 0.717) is 16.7 Å². The molecule has 0 saturated heterocycles. The maximum atomic E-state index is 12.5. The fraction of sp³-hybridized carbons (Fsp3) is 0.0870. The molecule has 29 heavy (non-hydrogen) atoms. The van der Waals surface area contributed by atoms with Gasteiger partial charge in [-0.2, -0.15) is 4.99 Å². The van der Waals surface area contributed by atoms with Gasteiger partial charge in [0.2, 0.25) is 10.7 Å². The van der Waals surface area contributed by atoms with Crippen molar-refractivity contribution in [2.45, 2.75) is 4.90 Å². The lowest BCUT2D eigenvalue weighted by Gasteiger charge is -2.02. The fourth-order valence-electron chi connectivity index (χ4n) is 3.19. The van der Waals surface area contributed by atoms with Crippen LogP contribution in [0.5, 0.6) is 0 Å². The number of rotatable bonds is 3. The van der Waals surface area contributed by atoms with Gasteiger partial charge in [-0.25, -0.2) is 0 Å². The number of aryl methyl sites for hydroxylation is 2. The molecule has 4 aromatic rings. The quantitative estimate of drug-likeness (QED) is 0.484. The summed E-state index contributed by atoms with van der Waals surface area (Å²) in [6, 6.07) is 24.0. The number of hydrogen-bond donors (Lipinski definition) is 0. The summed E-state index contributed by atoms with van der Waals surface area (Å²) in [4.78, 5) is 30.2. The lowest BCUT2D eigenvalue weighted by Crippen LogP contribution is -2.24. The summed E-state index contributed by atoms with van der Waals surface area (Å²) in [6.45, 7) is 0. The van der Waals surface area contributed by atoms with Crippen molar-refractivity contribution in [3.63, 3.8) is 0 Å². The Balaban J connectivity index is 1.71. The Morgan fingerprint density at radius 1 is 0.759 bits per heavy atom. The van der Waals surface area contributed by atoms with Crippen LogP contribution in [0.4, 0.5) is 0 Å². The molecule has 0 aliphatic carbocycles. The minimum atomic E-state index is -0.291. The van der Waals surface area contributed by atoms with E-state index in [9.17, 15) is 9.59 Å². The maximum absolute atomic E-state index is 12.5. The van der Waals surface area contributed by atoms with Gasteiger partial charge in [-0.15, -0.1) is 0 Å². The number of imidazole rings is 1. The molecular formula is C23H19N3O2S. The first-order valence-electron chi connectivity index (χ1n) is 9.11. The second-order valence-electron chi connectivity index (χ2n) is 6.61. The average Bonchev–Trinajstić information content (AvgIpc) is 2.99. The van der Waals surface area contributed by atoms with Crippen LogP contribution in [0.1, 0.15) is 20.7 Å². The molecule has 1 heterocycles. The highest BCUT2D eigenvalue weighted by Crippen LogP contribution is 2.26. The van der Waals surface area contributed by atoms with Gasteiger partial charge in [0.15, 0.2) is 0 Å². The average molecular weight is 401 g/mol. The molecule has 5 nitrogen and oxygen atoms in total. The molecule has 3 aromatic carbocycles.